The molecule has 136 valence electrons. The second-order valence-corrected chi connectivity index (χ2v) is 6.82. The molecule has 0 saturated heterocycles. The zero-order chi connectivity index (χ0) is 19.1. The van der Waals surface area contributed by atoms with Gasteiger partial charge in [-0.25, -0.2) is 10.4 Å². The predicted octanol–water partition coefficient (Wildman–Crippen LogP) is 4.66. The first-order chi connectivity index (χ1) is 13.1. The third-order valence-corrected chi connectivity index (χ3v) is 4.72. The van der Waals surface area contributed by atoms with Crippen LogP contribution in [0.3, 0.4) is 0 Å². The molecule has 2 N–H and O–H groups in total. The maximum absolute atomic E-state index is 12.1. The number of anilines is 1. The van der Waals surface area contributed by atoms with Crippen LogP contribution >= 0.6 is 34.5 Å². The van der Waals surface area contributed by atoms with E-state index in [4.69, 9.17) is 23.2 Å². The fraction of sp³-hybridized carbons (Fsp3) is 0. The molecule has 0 aliphatic rings. The highest BCUT2D eigenvalue weighted by molar-refractivity contribution is 7.13. The Labute approximate surface area is 169 Å². The number of hydrogen-bond donors (Lipinski definition) is 2. The van der Waals surface area contributed by atoms with Crippen molar-refractivity contribution in [3.05, 3.63) is 80.8 Å². The van der Waals surface area contributed by atoms with Crippen LogP contribution in [0, 0.1) is 0 Å². The third kappa shape index (κ3) is 5.37. The number of hydrazone groups is 2. The van der Waals surface area contributed by atoms with E-state index in [-0.39, 0.29) is 5.69 Å². The summed E-state index contributed by atoms with van der Waals surface area (Å²) < 4.78 is 0. The van der Waals surface area contributed by atoms with Crippen molar-refractivity contribution in [3.8, 4) is 0 Å². The van der Waals surface area contributed by atoms with Gasteiger partial charge in [0.2, 0.25) is 5.13 Å². The molecule has 27 heavy (non-hydrogen) atoms. The van der Waals surface area contributed by atoms with Crippen LogP contribution in [-0.2, 0) is 0 Å². The number of aromatic nitrogens is 1. The molecule has 3 rings (SSSR count). The summed E-state index contributed by atoms with van der Waals surface area (Å²) in [7, 11) is 0. The number of hydrogen-bond acceptors (Lipinski definition) is 6. The molecule has 0 atom stereocenters. The first kappa shape index (κ1) is 19.0. The highest BCUT2D eigenvalue weighted by atomic mass is 35.5. The molecule has 3 aromatic rings. The summed E-state index contributed by atoms with van der Waals surface area (Å²) in [5, 5.41) is 11.2. The Morgan fingerprint density at radius 2 is 1.56 bits per heavy atom. The highest BCUT2D eigenvalue weighted by Gasteiger charge is 2.09. The average Bonchev–Trinajstić information content (AvgIpc) is 3.14. The molecule has 6 nitrogen and oxygen atoms in total. The molecule has 1 amide bonds. The summed E-state index contributed by atoms with van der Waals surface area (Å²) in [6.45, 7) is 0. The zero-order valence-electron chi connectivity index (χ0n) is 13.8. The molecule has 0 fully saturated rings. The van der Waals surface area contributed by atoms with Gasteiger partial charge in [-0.3, -0.25) is 10.2 Å². The van der Waals surface area contributed by atoms with E-state index in [0.29, 0.717) is 20.7 Å². The monoisotopic (exact) mass is 417 g/mol. The van der Waals surface area contributed by atoms with Crippen molar-refractivity contribution in [1.82, 2.24) is 10.4 Å². The van der Waals surface area contributed by atoms with Crippen LogP contribution in [0.4, 0.5) is 5.13 Å². The SMILES string of the molecule is O=C(NN=Cc1ccccc1Cl)c1csc(NN=Cc2ccccc2Cl)n1. The molecule has 0 spiro atoms. The van der Waals surface area contributed by atoms with Crippen LogP contribution < -0.4 is 10.9 Å². The Morgan fingerprint density at radius 1 is 0.963 bits per heavy atom. The van der Waals surface area contributed by atoms with Gasteiger partial charge in [-0.2, -0.15) is 10.2 Å². The minimum absolute atomic E-state index is 0.228. The first-order valence-corrected chi connectivity index (χ1v) is 9.34. The lowest BCUT2D eigenvalue weighted by Crippen LogP contribution is -2.18. The number of benzene rings is 2. The van der Waals surface area contributed by atoms with E-state index < -0.39 is 5.91 Å². The van der Waals surface area contributed by atoms with Crippen molar-refractivity contribution in [2.24, 2.45) is 10.2 Å². The van der Waals surface area contributed by atoms with Crippen molar-refractivity contribution in [2.75, 3.05) is 5.43 Å². The lowest BCUT2D eigenvalue weighted by Gasteiger charge is -1.98. The lowest BCUT2D eigenvalue weighted by molar-refractivity contribution is 0.0951. The van der Waals surface area contributed by atoms with Crippen LogP contribution in [0.1, 0.15) is 21.6 Å². The number of nitrogens with one attached hydrogen (secondary N) is 2. The Bertz CT molecular complexity index is 1000. The summed E-state index contributed by atoms with van der Waals surface area (Å²) in [6.07, 6.45) is 3.05. The van der Waals surface area contributed by atoms with Gasteiger partial charge >= 0.3 is 0 Å². The van der Waals surface area contributed by atoms with Crippen molar-refractivity contribution >= 4 is 58.0 Å². The second-order valence-electron chi connectivity index (χ2n) is 5.15. The van der Waals surface area contributed by atoms with Crippen LogP contribution in [0.15, 0.2) is 64.1 Å². The van der Waals surface area contributed by atoms with Crippen LogP contribution in [0.2, 0.25) is 10.0 Å². The Kier molecular flexibility index (Phi) is 6.54. The number of carbonyl (C=O) groups excluding carboxylic acids is 1. The van der Waals surface area contributed by atoms with Crippen LogP contribution in [-0.4, -0.2) is 23.3 Å². The number of halogens is 2. The maximum atomic E-state index is 12.1. The normalized spacial score (nSPS) is 11.2. The predicted molar refractivity (Wildman–Crippen MR) is 111 cm³/mol. The number of carbonyl (C=O) groups is 1. The van der Waals surface area contributed by atoms with Gasteiger partial charge in [-0.05, 0) is 12.1 Å². The topological polar surface area (TPSA) is 78.7 Å². The van der Waals surface area contributed by atoms with Crippen molar-refractivity contribution in [2.45, 2.75) is 0 Å². The minimum Gasteiger partial charge on any atom is -0.266 e. The van der Waals surface area contributed by atoms with Gasteiger partial charge in [0, 0.05) is 26.6 Å². The third-order valence-electron chi connectivity index (χ3n) is 3.28. The number of rotatable bonds is 6. The minimum atomic E-state index is -0.433. The molecule has 1 aromatic heterocycles. The first-order valence-electron chi connectivity index (χ1n) is 7.70. The second kappa shape index (κ2) is 9.27. The molecule has 0 bridgehead atoms. The Balaban J connectivity index is 1.56. The number of thiazole rings is 1. The molecule has 0 radical (unpaired) electrons. The Morgan fingerprint density at radius 3 is 2.19 bits per heavy atom. The van der Waals surface area contributed by atoms with Gasteiger partial charge in [0.15, 0.2) is 0 Å². The molecule has 9 heteroatoms. The molecule has 0 aliphatic carbocycles. The van der Waals surface area contributed by atoms with Crippen LogP contribution in [0.5, 0.6) is 0 Å². The van der Waals surface area contributed by atoms with E-state index in [1.54, 1.807) is 29.8 Å². The molecular formula is C18H13Cl2N5OS. The van der Waals surface area contributed by atoms with Gasteiger partial charge in [-0.1, -0.05) is 59.6 Å². The van der Waals surface area contributed by atoms with Crippen molar-refractivity contribution < 1.29 is 4.79 Å². The number of amides is 1. The van der Waals surface area contributed by atoms with E-state index in [1.807, 2.05) is 30.3 Å². The van der Waals surface area contributed by atoms with E-state index >= 15 is 0 Å². The fourth-order valence-corrected chi connectivity index (χ4v) is 2.97. The fourth-order valence-electron chi connectivity index (χ4n) is 1.96. The van der Waals surface area contributed by atoms with E-state index in [0.717, 1.165) is 5.56 Å². The molecule has 0 saturated carbocycles. The standard InChI is InChI=1S/C18H13Cl2N5OS/c19-14-7-3-1-5-12(14)9-21-24-17(26)16-11-27-18(23-16)25-22-10-13-6-2-4-8-15(13)20/h1-11H,(H,23,25)(H,24,26). The summed E-state index contributed by atoms with van der Waals surface area (Å²) >= 11 is 13.3. The zero-order valence-corrected chi connectivity index (χ0v) is 16.1. The summed E-state index contributed by atoms with van der Waals surface area (Å²) in [4.78, 5) is 16.2. The van der Waals surface area contributed by atoms with Gasteiger partial charge in [0.1, 0.15) is 5.69 Å². The summed E-state index contributed by atoms with van der Waals surface area (Å²) in [5.74, 6) is -0.433. The molecule has 2 aromatic carbocycles. The molecule has 1 heterocycles. The van der Waals surface area contributed by atoms with Gasteiger partial charge in [-0.15, -0.1) is 11.3 Å². The van der Waals surface area contributed by atoms with Gasteiger partial charge in [0.25, 0.3) is 5.91 Å². The van der Waals surface area contributed by atoms with E-state index in [9.17, 15) is 4.79 Å². The summed E-state index contributed by atoms with van der Waals surface area (Å²) in [6, 6.07) is 14.5. The van der Waals surface area contributed by atoms with E-state index in [2.05, 4.69) is 26.0 Å². The molecular weight excluding hydrogens is 405 g/mol. The quantitative estimate of drug-likeness (QED) is 0.452. The largest absolute Gasteiger partial charge is 0.290 e. The molecule has 0 unspecified atom stereocenters. The van der Waals surface area contributed by atoms with Crippen molar-refractivity contribution in [3.63, 3.8) is 0 Å². The van der Waals surface area contributed by atoms with Gasteiger partial charge in [0.05, 0.1) is 12.4 Å². The number of nitrogens with zero attached hydrogens (tertiary/aromatic N) is 3. The highest BCUT2D eigenvalue weighted by Crippen LogP contribution is 2.16. The van der Waals surface area contributed by atoms with E-state index in [1.165, 1.54) is 17.6 Å². The van der Waals surface area contributed by atoms with Crippen molar-refractivity contribution in [1.29, 1.82) is 0 Å². The van der Waals surface area contributed by atoms with Gasteiger partial charge < -0.3 is 0 Å². The smallest absolute Gasteiger partial charge is 0.266 e. The summed E-state index contributed by atoms with van der Waals surface area (Å²) in [5.41, 5.74) is 6.88. The lowest BCUT2D eigenvalue weighted by atomic mass is 10.2. The maximum Gasteiger partial charge on any atom is 0.290 e. The Hall–Kier alpha value is -2.74. The molecule has 0 aliphatic heterocycles. The van der Waals surface area contributed by atoms with Crippen LogP contribution in [0.25, 0.3) is 0 Å². The average molecular weight is 418 g/mol.